The number of rotatable bonds is 3. The number of benzene rings is 2. The maximum absolute atomic E-state index is 12.2. The Balaban J connectivity index is 2.23. The lowest BCUT2D eigenvalue weighted by atomic mass is 10.1. The van der Waals surface area contributed by atoms with Crippen LogP contribution in [0.2, 0.25) is 0 Å². The van der Waals surface area contributed by atoms with Crippen LogP contribution in [0.5, 0.6) is 0 Å². The van der Waals surface area contributed by atoms with E-state index >= 15 is 0 Å². The molecule has 0 saturated carbocycles. The molecule has 2 aromatic carbocycles. The molecular weight excluding hydrogens is 302 g/mol. The first-order valence-electron chi connectivity index (χ1n) is 6.27. The predicted octanol–water partition coefficient (Wildman–Crippen LogP) is 4.57. The number of aryl methyl sites for hydroxylation is 2. The van der Waals surface area contributed by atoms with Crippen LogP contribution in [-0.2, 0) is 6.42 Å². The molecule has 0 heterocycles. The fourth-order valence-corrected chi connectivity index (χ4v) is 2.33. The summed E-state index contributed by atoms with van der Waals surface area (Å²) in [5.41, 5.74) is 3.75. The van der Waals surface area contributed by atoms with Crippen molar-refractivity contribution in [2.75, 3.05) is 5.32 Å². The second-order valence-electron chi connectivity index (χ2n) is 4.44. The second-order valence-corrected chi connectivity index (χ2v) is 5.24. The molecule has 2 aromatic rings. The van der Waals surface area contributed by atoms with Crippen molar-refractivity contribution >= 4 is 27.5 Å². The van der Waals surface area contributed by atoms with E-state index in [-0.39, 0.29) is 5.91 Å². The molecule has 3 heteroatoms. The van der Waals surface area contributed by atoms with Crippen LogP contribution >= 0.6 is 15.9 Å². The highest BCUT2D eigenvalue weighted by Crippen LogP contribution is 2.22. The van der Waals surface area contributed by atoms with Gasteiger partial charge < -0.3 is 5.32 Å². The summed E-state index contributed by atoms with van der Waals surface area (Å²) in [6.45, 7) is 4.07. The Morgan fingerprint density at radius 2 is 1.95 bits per heavy atom. The summed E-state index contributed by atoms with van der Waals surface area (Å²) in [6.07, 6.45) is 0.956. The maximum atomic E-state index is 12.2. The molecule has 0 aliphatic rings. The van der Waals surface area contributed by atoms with Gasteiger partial charge in [0.25, 0.3) is 5.91 Å². The third kappa shape index (κ3) is 3.24. The summed E-state index contributed by atoms with van der Waals surface area (Å²) in [5.74, 6) is -0.0937. The van der Waals surface area contributed by atoms with Gasteiger partial charge >= 0.3 is 0 Å². The normalized spacial score (nSPS) is 10.3. The van der Waals surface area contributed by atoms with Crippen molar-refractivity contribution in [3.05, 3.63) is 63.6 Å². The lowest BCUT2D eigenvalue weighted by Crippen LogP contribution is -2.13. The van der Waals surface area contributed by atoms with Gasteiger partial charge in [0.2, 0.25) is 0 Å². The van der Waals surface area contributed by atoms with E-state index in [1.165, 1.54) is 5.56 Å². The number of anilines is 1. The minimum absolute atomic E-state index is 0.0937. The van der Waals surface area contributed by atoms with Gasteiger partial charge in [-0.15, -0.1) is 0 Å². The summed E-state index contributed by atoms with van der Waals surface area (Å²) in [6, 6.07) is 13.6. The van der Waals surface area contributed by atoms with Crippen molar-refractivity contribution in [3.8, 4) is 0 Å². The molecular formula is C16H16BrNO. The lowest BCUT2D eigenvalue weighted by molar-refractivity contribution is 0.102. The largest absolute Gasteiger partial charge is 0.322 e. The van der Waals surface area contributed by atoms with E-state index in [1.54, 1.807) is 0 Å². The van der Waals surface area contributed by atoms with Gasteiger partial charge in [0, 0.05) is 10.2 Å². The van der Waals surface area contributed by atoms with Gasteiger partial charge in [0.1, 0.15) is 0 Å². The summed E-state index contributed by atoms with van der Waals surface area (Å²) < 4.78 is 0.846. The second kappa shape index (κ2) is 6.02. The molecule has 0 aliphatic heterocycles. The zero-order valence-electron chi connectivity index (χ0n) is 11.0. The number of halogens is 1. The Morgan fingerprint density at radius 3 is 2.68 bits per heavy atom. The van der Waals surface area contributed by atoms with E-state index in [0.29, 0.717) is 5.56 Å². The number of amides is 1. The van der Waals surface area contributed by atoms with E-state index in [2.05, 4.69) is 34.2 Å². The molecule has 0 unspecified atom stereocenters. The minimum atomic E-state index is -0.0937. The Labute approximate surface area is 122 Å². The Morgan fingerprint density at radius 1 is 1.21 bits per heavy atom. The van der Waals surface area contributed by atoms with Gasteiger partial charge in [-0.25, -0.2) is 0 Å². The Hall–Kier alpha value is -1.61. The number of hydrogen-bond acceptors (Lipinski definition) is 1. The van der Waals surface area contributed by atoms with Gasteiger partial charge in [0.15, 0.2) is 0 Å². The molecule has 0 aliphatic carbocycles. The molecule has 0 fully saturated rings. The smallest absolute Gasteiger partial charge is 0.256 e. The van der Waals surface area contributed by atoms with Crippen LogP contribution in [0.4, 0.5) is 5.69 Å². The highest BCUT2D eigenvalue weighted by molar-refractivity contribution is 9.10. The zero-order valence-corrected chi connectivity index (χ0v) is 12.6. The summed E-state index contributed by atoms with van der Waals surface area (Å²) in [7, 11) is 0. The van der Waals surface area contributed by atoms with Crippen molar-refractivity contribution in [1.82, 2.24) is 0 Å². The molecule has 1 N–H and O–H groups in total. The quantitative estimate of drug-likeness (QED) is 0.882. The summed E-state index contributed by atoms with van der Waals surface area (Å²) >= 11 is 3.46. The molecule has 19 heavy (non-hydrogen) atoms. The van der Waals surface area contributed by atoms with Crippen LogP contribution in [-0.4, -0.2) is 5.91 Å². The maximum Gasteiger partial charge on any atom is 0.256 e. The van der Waals surface area contributed by atoms with E-state index in [9.17, 15) is 4.79 Å². The molecule has 0 bridgehead atoms. The fraction of sp³-hybridized carbons (Fsp3) is 0.188. The summed E-state index contributed by atoms with van der Waals surface area (Å²) in [4.78, 5) is 12.2. The van der Waals surface area contributed by atoms with Crippen molar-refractivity contribution in [3.63, 3.8) is 0 Å². The predicted molar refractivity (Wildman–Crippen MR) is 82.7 cm³/mol. The van der Waals surface area contributed by atoms with Gasteiger partial charge in [-0.05, 0) is 58.6 Å². The molecule has 2 nitrogen and oxygen atoms in total. The standard InChI is InChI=1S/C16H16BrNO/c1-3-12-7-5-8-13(10-12)18-16(19)14-9-4-6-11(2)15(14)17/h4-10H,3H2,1-2H3,(H,18,19). The third-order valence-electron chi connectivity index (χ3n) is 3.03. The highest BCUT2D eigenvalue weighted by Gasteiger charge is 2.11. The van der Waals surface area contributed by atoms with Crippen molar-refractivity contribution in [2.24, 2.45) is 0 Å². The Kier molecular flexibility index (Phi) is 4.38. The number of nitrogens with one attached hydrogen (secondary N) is 1. The lowest BCUT2D eigenvalue weighted by Gasteiger charge is -2.09. The Bertz CT molecular complexity index is 607. The first-order chi connectivity index (χ1) is 9.11. The first kappa shape index (κ1) is 13.8. The fourth-order valence-electron chi connectivity index (χ4n) is 1.89. The van der Waals surface area contributed by atoms with Crippen LogP contribution in [0.25, 0.3) is 0 Å². The van der Waals surface area contributed by atoms with Crippen LogP contribution < -0.4 is 5.32 Å². The van der Waals surface area contributed by atoms with Crippen LogP contribution in [0, 0.1) is 6.92 Å². The molecule has 0 saturated heterocycles. The molecule has 0 radical (unpaired) electrons. The van der Waals surface area contributed by atoms with Gasteiger partial charge in [-0.2, -0.15) is 0 Å². The molecule has 98 valence electrons. The van der Waals surface area contributed by atoms with Crippen LogP contribution in [0.15, 0.2) is 46.9 Å². The first-order valence-corrected chi connectivity index (χ1v) is 7.06. The molecule has 0 aromatic heterocycles. The minimum Gasteiger partial charge on any atom is -0.322 e. The van der Waals surface area contributed by atoms with Gasteiger partial charge in [-0.1, -0.05) is 31.2 Å². The topological polar surface area (TPSA) is 29.1 Å². The van der Waals surface area contributed by atoms with Gasteiger partial charge in [-0.3, -0.25) is 4.79 Å². The molecule has 0 atom stereocenters. The van der Waals surface area contributed by atoms with E-state index in [4.69, 9.17) is 0 Å². The summed E-state index contributed by atoms with van der Waals surface area (Å²) in [5, 5.41) is 2.93. The van der Waals surface area contributed by atoms with Crippen LogP contribution in [0.1, 0.15) is 28.4 Å². The van der Waals surface area contributed by atoms with E-state index in [1.807, 2.05) is 43.3 Å². The van der Waals surface area contributed by atoms with Crippen molar-refractivity contribution in [1.29, 1.82) is 0 Å². The van der Waals surface area contributed by atoms with Crippen molar-refractivity contribution < 1.29 is 4.79 Å². The van der Waals surface area contributed by atoms with Crippen LogP contribution in [0.3, 0.4) is 0 Å². The van der Waals surface area contributed by atoms with E-state index < -0.39 is 0 Å². The third-order valence-corrected chi connectivity index (χ3v) is 4.08. The molecule has 2 rings (SSSR count). The number of hydrogen-bond donors (Lipinski definition) is 1. The van der Waals surface area contributed by atoms with Crippen molar-refractivity contribution in [2.45, 2.75) is 20.3 Å². The zero-order chi connectivity index (χ0) is 13.8. The molecule has 1 amide bonds. The highest BCUT2D eigenvalue weighted by atomic mass is 79.9. The average molecular weight is 318 g/mol. The monoisotopic (exact) mass is 317 g/mol. The SMILES string of the molecule is CCc1cccc(NC(=O)c2cccc(C)c2Br)c1. The van der Waals surface area contributed by atoms with E-state index in [0.717, 1.165) is 22.1 Å². The average Bonchev–Trinajstić information content (AvgIpc) is 2.42. The van der Waals surface area contributed by atoms with Gasteiger partial charge in [0.05, 0.1) is 5.56 Å². The number of carbonyl (C=O) groups is 1. The molecule has 0 spiro atoms. The number of carbonyl (C=O) groups excluding carboxylic acids is 1.